The van der Waals surface area contributed by atoms with Gasteiger partial charge in [0.2, 0.25) is 0 Å². The molecule has 118 valence electrons. The molecule has 1 aromatic heterocycles. The number of rotatable bonds is 3. The molecule has 0 fully saturated rings. The molecule has 3 rings (SSSR count). The quantitative estimate of drug-likeness (QED) is 0.709. The Kier molecular flexibility index (Phi) is 4.04. The highest BCUT2D eigenvalue weighted by atomic mass is 35.5. The molecule has 0 amide bonds. The zero-order valence-corrected chi connectivity index (χ0v) is 13.6. The van der Waals surface area contributed by atoms with Crippen LogP contribution in [0.1, 0.15) is 21.5 Å². The molecule has 1 N–H and O–H groups in total. The first-order valence-corrected chi connectivity index (χ1v) is 7.59. The van der Waals surface area contributed by atoms with E-state index in [4.69, 9.17) is 28.3 Å². The van der Waals surface area contributed by atoms with Gasteiger partial charge in [0.05, 0.1) is 22.6 Å². The number of aromatic nitrogens is 1. The average Bonchev–Trinajstić information content (AvgIpc) is 2.77. The molecule has 0 aliphatic carbocycles. The van der Waals surface area contributed by atoms with Gasteiger partial charge in [-0.15, -0.1) is 0 Å². The van der Waals surface area contributed by atoms with Gasteiger partial charge in [0.25, 0.3) is 0 Å². The van der Waals surface area contributed by atoms with E-state index in [1.807, 2.05) is 13.1 Å². The topological polar surface area (TPSA) is 42.2 Å². The molecule has 0 radical (unpaired) electrons. The third-order valence-corrected chi connectivity index (χ3v) is 4.25. The van der Waals surface area contributed by atoms with Crippen LogP contribution in [0.15, 0.2) is 36.5 Å². The van der Waals surface area contributed by atoms with Crippen LogP contribution in [0, 0.1) is 12.7 Å². The van der Waals surface area contributed by atoms with Crippen LogP contribution < -0.4 is 0 Å². The summed E-state index contributed by atoms with van der Waals surface area (Å²) in [5, 5.41) is 10.9. The van der Waals surface area contributed by atoms with E-state index in [9.17, 15) is 9.18 Å². The summed E-state index contributed by atoms with van der Waals surface area (Å²) in [6.07, 6.45) is 1.85. The van der Waals surface area contributed by atoms with Crippen molar-refractivity contribution in [3.63, 3.8) is 0 Å². The minimum absolute atomic E-state index is 0.179. The van der Waals surface area contributed by atoms with E-state index in [0.29, 0.717) is 10.0 Å². The second-order valence-corrected chi connectivity index (χ2v) is 6.15. The number of hydrogen-bond acceptors (Lipinski definition) is 1. The number of aromatic carboxylic acids is 1. The Morgan fingerprint density at radius 1 is 1.30 bits per heavy atom. The van der Waals surface area contributed by atoms with Crippen LogP contribution in [-0.4, -0.2) is 15.6 Å². The van der Waals surface area contributed by atoms with Crippen molar-refractivity contribution in [3.05, 3.63) is 69.1 Å². The molecule has 0 atom stereocenters. The van der Waals surface area contributed by atoms with Crippen molar-refractivity contribution in [1.82, 2.24) is 4.57 Å². The minimum atomic E-state index is -1.29. The summed E-state index contributed by atoms with van der Waals surface area (Å²) in [4.78, 5) is 11.1. The molecule has 0 bridgehead atoms. The molecule has 0 aliphatic rings. The van der Waals surface area contributed by atoms with Crippen molar-refractivity contribution in [2.45, 2.75) is 13.5 Å². The third-order valence-electron chi connectivity index (χ3n) is 3.74. The second-order valence-electron chi connectivity index (χ2n) is 5.31. The lowest BCUT2D eigenvalue weighted by Gasteiger charge is -2.09. The molecule has 1 heterocycles. The number of nitrogens with zero attached hydrogens (tertiary/aromatic N) is 1. The standard InChI is InChI=1S/C17H12Cl2FNO2/c1-9-7-21(16-13(9)5-11(18)6-14(16)19)8-10-3-2-4-12(15(10)20)17(22)23/h2-7H,8H2,1H3,(H,22,23). The third kappa shape index (κ3) is 2.80. The first-order valence-electron chi connectivity index (χ1n) is 6.83. The molecular formula is C17H12Cl2FNO2. The van der Waals surface area contributed by atoms with Crippen molar-refractivity contribution in [2.24, 2.45) is 0 Å². The zero-order chi connectivity index (χ0) is 16.7. The summed E-state index contributed by atoms with van der Waals surface area (Å²) >= 11 is 12.3. The van der Waals surface area contributed by atoms with Crippen molar-refractivity contribution in [2.75, 3.05) is 0 Å². The number of aryl methyl sites for hydroxylation is 1. The summed E-state index contributed by atoms with van der Waals surface area (Å²) in [6.45, 7) is 2.09. The van der Waals surface area contributed by atoms with Crippen LogP contribution in [0.2, 0.25) is 10.0 Å². The van der Waals surface area contributed by atoms with Crippen LogP contribution in [0.25, 0.3) is 10.9 Å². The number of halogens is 3. The maximum Gasteiger partial charge on any atom is 0.338 e. The van der Waals surface area contributed by atoms with E-state index < -0.39 is 11.8 Å². The van der Waals surface area contributed by atoms with Gasteiger partial charge in [-0.3, -0.25) is 0 Å². The molecule has 0 saturated carbocycles. The second kappa shape index (κ2) is 5.87. The van der Waals surface area contributed by atoms with Crippen LogP contribution in [0.4, 0.5) is 4.39 Å². The molecule has 23 heavy (non-hydrogen) atoms. The molecule has 2 aromatic carbocycles. The molecular weight excluding hydrogens is 340 g/mol. The Bertz CT molecular complexity index is 934. The van der Waals surface area contributed by atoms with Crippen molar-refractivity contribution in [1.29, 1.82) is 0 Å². The van der Waals surface area contributed by atoms with Gasteiger partial charge < -0.3 is 9.67 Å². The average molecular weight is 352 g/mol. The SMILES string of the molecule is Cc1cn(Cc2cccc(C(=O)O)c2F)c2c(Cl)cc(Cl)cc12. The van der Waals surface area contributed by atoms with Crippen molar-refractivity contribution in [3.8, 4) is 0 Å². The van der Waals surface area contributed by atoms with Gasteiger partial charge in [-0.25, -0.2) is 9.18 Å². The van der Waals surface area contributed by atoms with Gasteiger partial charge in [0, 0.05) is 22.2 Å². The van der Waals surface area contributed by atoms with E-state index in [-0.39, 0.29) is 17.7 Å². The number of benzene rings is 2. The van der Waals surface area contributed by atoms with Crippen LogP contribution in [-0.2, 0) is 6.54 Å². The molecule has 3 aromatic rings. The van der Waals surface area contributed by atoms with E-state index in [1.165, 1.54) is 12.1 Å². The number of carbonyl (C=O) groups is 1. The molecule has 0 aliphatic heterocycles. The fourth-order valence-corrected chi connectivity index (χ4v) is 3.30. The van der Waals surface area contributed by atoms with Gasteiger partial charge in [0.15, 0.2) is 0 Å². The van der Waals surface area contributed by atoms with E-state index in [0.717, 1.165) is 16.5 Å². The van der Waals surface area contributed by atoms with Crippen molar-refractivity contribution >= 4 is 40.1 Å². The normalized spacial score (nSPS) is 11.1. The van der Waals surface area contributed by atoms with Gasteiger partial charge in [-0.2, -0.15) is 0 Å². The van der Waals surface area contributed by atoms with Gasteiger partial charge in [-0.05, 0) is 30.7 Å². The first-order chi connectivity index (χ1) is 10.9. The lowest BCUT2D eigenvalue weighted by molar-refractivity contribution is 0.0691. The maximum atomic E-state index is 14.3. The molecule has 3 nitrogen and oxygen atoms in total. The van der Waals surface area contributed by atoms with Crippen molar-refractivity contribution < 1.29 is 14.3 Å². The number of hydrogen-bond donors (Lipinski definition) is 1. The van der Waals surface area contributed by atoms with Crippen LogP contribution >= 0.6 is 23.2 Å². The monoisotopic (exact) mass is 351 g/mol. The van der Waals surface area contributed by atoms with Crippen LogP contribution in [0.5, 0.6) is 0 Å². The van der Waals surface area contributed by atoms with Crippen LogP contribution in [0.3, 0.4) is 0 Å². The smallest absolute Gasteiger partial charge is 0.338 e. The highest BCUT2D eigenvalue weighted by molar-refractivity contribution is 6.38. The highest BCUT2D eigenvalue weighted by Gasteiger charge is 2.16. The Morgan fingerprint density at radius 3 is 2.74 bits per heavy atom. The Labute approximate surface area is 141 Å². The molecule has 0 unspecified atom stereocenters. The number of fused-ring (bicyclic) bond motifs is 1. The molecule has 0 spiro atoms. The number of carboxylic acids is 1. The lowest BCUT2D eigenvalue weighted by Crippen LogP contribution is -2.07. The summed E-state index contributed by atoms with van der Waals surface area (Å²) in [5.74, 6) is -2.02. The van der Waals surface area contributed by atoms with Gasteiger partial charge in [0.1, 0.15) is 5.82 Å². The van der Waals surface area contributed by atoms with Gasteiger partial charge >= 0.3 is 5.97 Å². The Morgan fingerprint density at radius 2 is 2.04 bits per heavy atom. The first kappa shape index (κ1) is 15.8. The highest BCUT2D eigenvalue weighted by Crippen LogP contribution is 2.32. The predicted octanol–water partition coefficient (Wildman–Crippen LogP) is 5.14. The number of carboxylic acid groups (broad SMARTS) is 1. The maximum absolute atomic E-state index is 14.3. The molecule has 6 heteroatoms. The Hall–Kier alpha value is -2.04. The zero-order valence-electron chi connectivity index (χ0n) is 12.1. The summed E-state index contributed by atoms with van der Waals surface area (Å²) in [7, 11) is 0. The summed E-state index contributed by atoms with van der Waals surface area (Å²) in [5.41, 5.74) is 1.64. The summed E-state index contributed by atoms with van der Waals surface area (Å²) < 4.78 is 16.1. The largest absolute Gasteiger partial charge is 0.478 e. The predicted molar refractivity (Wildman–Crippen MR) is 89.2 cm³/mol. The van der Waals surface area contributed by atoms with E-state index in [1.54, 1.807) is 22.8 Å². The lowest BCUT2D eigenvalue weighted by atomic mass is 10.1. The summed E-state index contributed by atoms with van der Waals surface area (Å²) in [6, 6.07) is 7.77. The van der Waals surface area contributed by atoms with E-state index in [2.05, 4.69) is 0 Å². The fraction of sp³-hybridized carbons (Fsp3) is 0.118. The van der Waals surface area contributed by atoms with Gasteiger partial charge in [-0.1, -0.05) is 35.3 Å². The van der Waals surface area contributed by atoms with E-state index >= 15 is 0 Å². The minimum Gasteiger partial charge on any atom is -0.478 e. The Balaban J connectivity index is 2.13. The molecule has 0 saturated heterocycles. The fourth-order valence-electron chi connectivity index (χ4n) is 2.70.